The fraction of sp³-hybridized carbons (Fsp3) is 0.455. The van der Waals surface area contributed by atoms with Crippen LogP contribution in [-0.2, 0) is 0 Å². The smallest absolute Gasteiger partial charge is 0.138 e. The minimum atomic E-state index is 0.640. The summed E-state index contributed by atoms with van der Waals surface area (Å²) < 4.78 is 5.34. The molecule has 3 heteroatoms. The van der Waals surface area contributed by atoms with Crippen LogP contribution in [0.3, 0.4) is 0 Å². The van der Waals surface area contributed by atoms with Gasteiger partial charge in [0, 0.05) is 12.2 Å². The van der Waals surface area contributed by atoms with E-state index in [0.717, 1.165) is 24.4 Å². The van der Waals surface area contributed by atoms with Crippen LogP contribution in [0.4, 0.5) is 5.69 Å². The second-order valence-corrected chi connectivity index (χ2v) is 3.41. The highest BCUT2D eigenvalue weighted by atomic mass is 35.5. The van der Waals surface area contributed by atoms with E-state index in [1.165, 1.54) is 0 Å². The number of hydrogen-bond acceptors (Lipinski definition) is 2. The lowest BCUT2D eigenvalue weighted by molar-refractivity contribution is 0.340. The Morgan fingerprint density at radius 3 is 2.71 bits per heavy atom. The van der Waals surface area contributed by atoms with E-state index in [2.05, 4.69) is 12.2 Å². The second kappa shape index (κ2) is 5.76. The predicted octanol–water partition coefficient (Wildman–Crippen LogP) is 3.56. The molecule has 0 bridgehead atoms. The molecule has 1 aromatic rings. The van der Waals surface area contributed by atoms with Crippen LogP contribution in [0, 0.1) is 0 Å². The summed E-state index contributed by atoms with van der Waals surface area (Å²) in [5.41, 5.74) is 1.04. The molecule has 0 aliphatic carbocycles. The molecule has 0 radical (unpaired) electrons. The molecular weight excluding hydrogens is 198 g/mol. The van der Waals surface area contributed by atoms with Crippen LogP contribution in [0.2, 0.25) is 5.02 Å². The summed E-state index contributed by atoms with van der Waals surface area (Å²) >= 11 is 6.02. The zero-order chi connectivity index (χ0) is 10.4. The first-order chi connectivity index (χ1) is 6.77. The molecule has 1 rings (SSSR count). The van der Waals surface area contributed by atoms with Crippen molar-refractivity contribution in [2.45, 2.75) is 20.3 Å². The van der Waals surface area contributed by atoms with Crippen LogP contribution in [0.1, 0.15) is 20.3 Å². The third kappa shape index (κ3) is 3.11. The van der Waals surface area contributed by atoms with E-state index in [9.17, 15) is 0 Å². The van der Waals surface area contributed by atoms with Crippen molar-refractivity contribution in [2.24, 2.45) is 0 Å². The molecule has 0 spiro atoms. The molecule has 1 aromatic carbocycles. The number of rotatable bonds is 5. The van der Waals surface area contributed by atoms with E-state index in [0.29, 0.717) is 11.6 Å². The van der Waals surface area contributed by atoms with Gasteiger partial charge in [0.2, 0.25) is 0 Å². The number of hydrogen-bond donors (Lipinski definition) is 1. The van der Waals surface area contributed by atoms with Gasteiger partial charge in [0.25, 0.3) is 0 Å². The van der Waals surface area contributed by atoms with Crippen LogP contribution in [0.5, 0.6) is 5.75 Å². The van der Waals surface area contributed by atoms with Gasteiger partial charge in [-0.05, 0) is 31.5 Å². The van der Waals surface area contributed by atoms with Crippen molar-refractivity contribution in [1.82, 2.24) is 0 Å². The molecule has 0 saturated carbocycles. The molecule has 0 aliphatic heterocycles. The standard InChI is InChI=1S/C11H16ClNO/c1-3-7-13-9-5-6-11(14-4-2)10(12)8-9/h5-6,8,13H,3-4,7H2,1-2H3. The summed E-state index contributed by atoms with van der Waals surface area (Å²) in [5.74, 6) is 0.746. The number of anilines is 1. The van der Waals surface area contributed by atoms with Crippen molar-refractivity contribution in [3.05, 3.63) is 23.2 Å². The summed E-state index contributed by atoms with van der Waals surface area (Å²) in [6, 6.07) is 5.76. The Morgan fingerprint density at radius 2 is 2.14 bits per heavy atom. The predicted molar refractivity (Wildman–Crippen MR) is 61.4 cm³/mol. The Hall–Kier alpha value is -0.890. The molecule has 1 N–H and O–H groups in total. The van der Waals surface area contributed by atoms with Crippen LogP contribution in [0.25, 0.3) is 0 Å². The molecule has 0 amide bonds. The van der Waals surface area contributed by atoms with Gasteiger partial charge < -0.3 is 10.1 Å². The summed E-state index contributed by atoms with van der Waals surface area (Å²) in [5, 5.41) is 3.92. The Bertz CT molecular complexity index is 289. The number of nitrogens with one attached hydrogen (secondary N) is 1. The van der Waals surface area contributed by atoms with Crippen molar-refractivity contribution in [1.29, 1.82) is 0 Å². The van der Waals surface area contributed by atoms with E-state index in [1.54, 1.807) is 0 Å². The Morgan fingerprint density at radius 1 is 1.36 bits per heavy atom. The number of ether oxygens (including phenoxy) is 1. The van der Waals surface area contributed by atoms with Crippen LogP contribution in [0.15, 0.2) is 18.2 Å². The molecule has 0 aromatic heterocycles. The van der Waals surface area contributed by atoms with Crippen molar-refractivity contribution < 1.29 is 4.74 Å². The van der Waals surface area contributed by atoms with Crippen LogP contribution < -0.4 is 10.1 Å². The molecule has 0 unspecified atom stereocenters. The quantitative estimate of drug-likeness (QED) is 0.808. The summed E-state index contributed by atoms with van der Waals surface area (Å²) in [6.07, 6.45) is 1.10. The van der Waals surface area contributed by atoms with Crippen molar-refractivity contribution in [2.75, 3.05) is 18.5 Å². The summed E-state index contributed by atoms with van der Waals surface area (Å²) in [4.78, 5) is 0. The molecule has 0 heterocycles. The Kier molecular flexibility index (Phi) is 4.60. The van der Waals surface area contributed by atoms with Gasteiger partial charge in [0.15, 0.2) is 0 Å². The summed E-state index contributed by atoms with van der Waals surface area (Å²) in [6.45, 7) is 5.68. The fourth-order valence-corrected chi connectivity index (χ4v) is 1.39. The number of benzene rings is 1. The lowest BCUT2D eigenvalue weighted by Crippen LogP contribution is -2.00. The van der Waals surface area contributed by atoms with Gasteiger partial charge in [0.05, 0.1) is 11.6 Å². The van der Waals surface area contributed by atoms with Gasteiger partial charge in [-0.1, -0.05) is 18.5 Å². The molecule has 2 nitrogen and oxygen atoms in total. The Labute approximate surface area is 90.2 Å². The number of halogens is 1. The van der Waals surface area contributed by atoms with Crippen molar-refractivity contribution in [3.8, 4) is 5.75 Å². The SMILES string of the molecule is CCCNc1ccc(OCC)c(Cl)c1. The molecule has 0 saturated heterocycles. The largest absolute Gasteiger partial charge is 0.492 e. The first-order valence-corrected chi connectivity index (χ1v) is 5.32. The average Bonchev–Trinajstić information content (AvgIpc) is 2.19. The van der Waals surface area contributed by atoms with E-state index in [-0.39, 0.29) is 0 Å². The average molecular weight is 214 g/mol. The van der Waals surface area contributed by atoms with E-state index in [1.807, 2.05) is 25.1 Å². The maximum atomic E-state index is 6.02. The van der Waals surface area contributed by atoms with Crippen molar-refractivity contribution >= 4 is 17.3 Å². The third-order valence-electron chi connectivity index (χ3n) is 1.81. The molecule has 0 fully saturated rings. The third-order valence-corrected chi connectivity index (χ3v) is 2.11. The maximum Gasteiger partial charge on any atom is 0.138 e. The molecule has 0 atom stereocenters. The highest BCUT2D eigenvalue weighted by Crippen LogP contribution is 2.27. The van der Waals surface area contributed by atoms with Gasteiger partial charge in [-0.2, -0.15) is 0 Å². The lowest BCUT2D eigenvalue weighted by Gasteiger charge is -2.08. The monoisotopic (exact) mass is 213 g/mol. The minimum absolute atomic E-state index is 0.640. The zero-order valence-corrected chi connectivity index (χ0v) is 9.40. The van der Waals surface area contributed by atoms with Crippen molar-refractivity contribution in [3.63, 3.8) is 0 Å². The first-order valence-electron chi connectivity index (χ1n) is 4.94. The highest BCUT2D eigenvalue weighted by Gasteiger charge is 2.01. The first kappa shape index (κ1) is 11.2. The zero-order valence-electron chi connectivity index (χ0n) is 8.64. The van der Waals surface area contributed by atoms with Gasteiger partial charge in [-0.15, -0.1) is 0 Å². The fourth-order valence-electron chi connectivity index (χ4n) is 1.15. The Balaban J connectivity index is 2.68. The molecule has 0 aliphatic rings. The van der Waals surface area contributed by atoms with Gasteiger partial charge in [-0.3, -0.25) is 0 Å². The molecular formula is C11H16ClNO. The van der Waals surface area contributed by atoms with Gasteiger partial charge in [0.1, 0.15) is 5.75 Å². The highest BCUT2D eigenvalue weighted by molar-refractivity contribution is 6.32. The maximum absolute atomic E-state index is 6.02. The molecule has 78 valence electrons. The van der Waals surface area contributed by atoms with E-state index >= 15 is 0 Å². The summed E-state index contributed by atoms with van der Waals surface area (Å²) in [7, 11) is 0. The van der Waals surface area contributed by atoms with E-state index in [4.69, 9.17) is 16.3 Å². The van der Waals surface area contributed by atoms with Gasteiger partial charge >= 0.3 is 0 Å². The van der Waals surface area contributed by atoms with Crippen LogP contribution in [-0.4, -0.2) is 13.2 Å². The normalized spacial score (nSPS) is 9.93. The van der Waals surface area contributed by atoms with Crippen LogP contribution >= 0.6 is 11.6 Å². The minimum Gasteiger partial charge on any atom is -0.492 e. The van der Waals surface area contributed by atoms with Gasteiger partial charge in [-0.25, -0.2) is 0 Å². The van der Waals surface area contributed by atoms with E-state index < -0.39 is 0 Å². The molecule has 14 heavy (non-hydrogen) atoms. The topological polar surface area (TPSA) is 21.3 Å². The lowest BCUT2D eigenvalue weighted by atomic mass is 10.3. The second-order valence-electron chi connectivity index (χ2n) is 3.00.